The van der Waals surface area contributed by atoms with E-state index >= 15 is 0 Å². The lowest BCUT2D eigenvalue weighted by Crippen LogP contribution is -2.33. The fraction of sp³-hybridized carbons (Fsp3) is 0.800. The third-order valence-corrected chi connectivity index (χ3v) is 3.96. The van der Waals surface area contributed by atoms with Gasteiger partial charge in [-0.2, -0.15) is 0 Å². The van der Waals surface area contributed by atoms with Crippen LogP contribution in [0.1, 0.15) is 74.7 Å². The van der Waals surface area contributed by atoms with Crippen molar-refractivity contribution in [2.24, 2.45) is 22.7 Å². The number of ether oxygens (including phenoxy) is 2. The predicted octanol–water partition coefficient (Wildman–Crippen LogP) is 3.70. The molecule has 0 aliphatic rings. The molecule has 0 aromatic rings. The first-order valence-corrected chi connectivity index (χ1v) is 9.05. The Hall–Kier alpha value is -1.72. The molecule has 6 nitrogen and oxygen atoms in total. The summed E-state index contributed by atoms with van der Waals surface area (Å²) in [7, 11) is 0. The van der Waals surface area contributed by atoms with Gasteiger partial charge in [0.25, 0.3) is 0 Å². The molecule has 0 spiro atoms. The summed E-state index contributed by atoms with van der Waals surface area (Å²) >= 11 is 0. The minimum Gasteiger partial charge on any atom is -0.428 e. The number of ketones is 2. The second-order valence-electron chi connectivity index (χ2n) is 9.02. The van der Waals surface area contributed by atoms with Crippen molar-refractivity contribution in [1.29, 1.82) is 0 Å². The second kappa shape index (κ2) is 9.83. The fourth-order valence-electron chi connectivity index (χ4n) is 2.21. The van der Waals surface area contributed by atoms with Crippen LogP contribution in [-0.4, -0.2) is 30.3 Å². The van der Waals surface area contributed by atoms with Gasteiger partial charge >= 0.3 is 11.9 Å². The van der Waals surface area contributed by atoms with E-state index in [1.165, 1.54) is 0 Å². The van der Waals surface area contributed by atoms with Gasteiger partial charge in [0, 0.05) is 24.2 Å². The molecule has 0 aromatic carbocycles. The number of rotatable bonds is 9. The van der Waals surface area contributed by atoms with Gasteiger partial charge in [-0.3, -0.25) is 19.2 Å². The second-order valence-corrected chi connectivity index (χ2v) is 9.02. The third kappa shape index (κ3) is 9.11. The molecule has 26 heavy (non-hydrogen) atoms. The summed E-state index contributed by atoms with van der Waals surface area (Å²) in [5.74, 6) is -1.48. The zero-order chi connectivity index (χ0) is 20.7. The van der Waals surface area contributed by atoms with E-state index in [9.17, 15) is 19.2 Å². The molecule has 0 aliphatic carbocycles. The van der Waals surface area contributed by atoms with E-state index in [0.717, 1.165) is 0 Å². The molecule has 0 heterocycles. The Labute approximate surface area is 157 Å². The molecule has 1 unspecified atom stereocenters. The first-order chi connectivity index (χ1) is 11.7. The van der Waals surface area contributed by atoms with Crippen LogP contribution in [0, 0.1) is 22.7 Å². The summed E-state index contributed by atoms with van der Waals surface area (Å²) in [6, 6.07) is 0. The molecule has 0 fully saturated rings. The summed E-state index contributed by atoms with van der Waals surface area (Å²) < 4.78 is 9.65. The van der Waals surface area contributed by atoms with Crippen molar-refractivity contribution in [2.75, 3.05) is 6.79 Å². The van der Waals surface area contributed by atoms with Gasteiger partial charge in [-0.25, -0.2) is 0 Å². The van der Waals surface area contributed by atoms with Gasteiger partial charge in [-0.1, -0.05) is 34.6 Å². The Balaban J connectivity index is 4.37. The van der Waals surface area contributed by atoms with E-state index in [-0.39, 0.29) is 42.7 Å². The van der Waals surface area contributed by atoms with Crippen LogP contribution in [0.4, 0.5) is 0 Å². The van der Waals surface area contributed by atoms with Gasteiger partial charge < -0.3 is 9.47 Å². The first kappa shape index (κ1) is 24.3. The summed E-state index contributed by atoms with van der Waals surface area (Å²) in [4.78, 5) is 47.8. The zero-order valence-electron chi connectivity index (χ0n) is 17.4. The maximum absolute atomic E-state index is 12.5. The van der Waals surface area contributed by atoms with Crippen molar-refractivity contribution in [3.05, 3.63) is 0 Å². The first-order valence-electron chi connectivity index (χ1n) is 9.05. The molecule has 150 valence electrons. The predicted molar refractivity (Wildman–Crippen MR) is 98.2 cm³/mol. The molecular formula is C20H34O6. The Bertz CT molecular complexity index is 519. The van der Waals surface area contributed by atoms with E-state index in [1.54, 1.807) is 20.8 Å². The highest BCUT2D eigenvalue weighted by molar-refractivity contribution is 5.91. The van der Waals surface area contributed by atoms with Gasteiger partial charge in [0.2, 0.25) is 6.79 Å². The van der Waals surface area contributed by atoms with Crippen LogP contribution in [0.2, 0.25) is 0 Å². The van der Waals surface area contributed by atoms with E-state index < -0.39 is 29.6 Å². The van der Waals surface area contributed by atoms with Gasteiger partial charge in [-0.05, 0) is 26.7 Å². The van der Waals surface area contributed by atoms with Crippen molar-refractivity contribution in [1.82, 2.24) is 0 Å². The van der Waals surface area contributed by atoms with Gasteiger partial charge in [-0.15, -0.1) is 0 Å². The molecule has 1 atom stereocenters. The van der Waals surface area contributed by atoms with Crippen LogP contribution in [0.5, 0.6) is 0 Å². The van der Waals surface area contributed by atoms with Crippen LogP contribution < -0.4 is 0 Å². The average molecular weight is 370 g/mol. The standard InChI is InChI=1S/C20H34O6/c1-13(2)15(17(23)19(3,4)5)11-14(21)9-10-16(22)25-12-26-18(24)20(6,7)8/h13,15H,9-12H2,1-8H3. The highest BCUT2D eigenvalue weighted by Crippen LogP contribution is 2.28. The van der Waals surface area contributed by atoms with Crippen LogP contribution in [0.3, 0.4) is 0 Å². The molecule has 0 radical (unpaired) electrons. The van der Waals surface area contributed by atoms with E-state index in [4.69, 9.17) is 9.47 Å². The lowest BCUT2D eigenvalue weighted by molar-refractivity contribution is -0.173. The minimum atomic E-state index is -0.673. The quantitative estimate of drug-likeness (QED) is 0.454. The van der Waals surface area contributed by atoms with Crippen LogP contribution in [0.25, 0.3) is 0 Å². The largest absolute Gasteiger partial charge is 0.428 e. The molecule has 0 N–H and O–H groups in total. The third-order valence-electron chi connectivity index (χ3n) is 3.96. The Morgan fingerprint density at radius 3 is 1.77 bits per heavy atom. The van der Waals surface area contributed by atoms with Crippen LogP contribution in [-0.2, 0) is 28.7 Å². The molecule has 0 saturated carbocycles. The van der Waals surface area contributed by atoms with Gasteiger partial charge in [0.15, 0.2) is 0 Å². The average Bonchev–Trinajstić information content (AvgIpc) is 2.47. The lowest BCUT2D eigenvalue weighted by Gasteiger charge is -2.26. The van der Waals surface area contributed by atoms with E-state index in [0.29, 0.717) is 0 Å². The summed E-state index contributed by atoms with van der Waals surface area (Å²) in [5, 5.41) is 0. The van der Waals surface area contributed by atoms with Gasteiger partial charge in [0.05, 0.1) is 11.8 Å². The Kier molecular flexibility index (Phi) is 9.18. The highest BCUT2D eigenvalue weighted by atomic mass is 16.7. The van der Waals surface area contributed by atoms with E-state index in [1.807, 2.05) is 34.6 Å². The Morgan fingerprint density at radius 1 is 0.808 bits per heavy atom. The number of hydrogen-bond donors (Lipinski definition) is 0. The highest BCUT2D eigenvalue weighted by Gasteiger charge is 2.33. The normalized spacial score (nSPS) is 13.3. The smallest absolute Gasteiger partial charge is 0.314 e. The Morgan fingerprint density at radius 2 is 1.35 bits per heavy atom. The maximum Gasteiger partial charge on any atom is 0.314 e. The monoisotopic (exact) mass is 370 g/mol. The number of carbonyl (C=O) groups excluding carboxylic acids is 4. The molecule has 0 amide bonds. The molecule has 0 bridgehead atoms. The number of hydrogen-bond acceptors (Lipinski definition) is 6. The number of esters is 2. The van der Waals surface area contributed by atoms with Crippen molar-refractivity contribution >= 4 is 23.5 Å². The summed E-state index contributed by atoms with van der Waals surface area (Å²) in [5.41, 5.74) is -1.18. The maximum atomic E-state index is 12.5. The molecule has 0 saturated heterocycles. The zero-order valence-corrected chi connectivity index (χ0v) is 17.4. The summed E-state index contributed by atoms with van der Waals surface area (Å²) in [6.07, 6.45) is 0.0349. The number of carbonyl (C=O) groups is 4. The van der Waals surface area contributed by atoms with Crippen molar-refractivity contribution < 1.29 is 28.7 Å². The van der Waals surface area contributed by atoms with Crippen LogP contribution in [0.15, 0.2) is 0 Å². The van der Waals surface area contributed by atoms with Crippen molar-refractivity contribution in [3.63, 3.8) is 0 Å². The molecule has 0 aromatic heterocycles. The molecule has 0 rings (SSSR count). The van der Waals surface area contributed by atoms with E-state index in [2.05, 4.69) is 0 Å². The van der Waals surface area contributed by atoms with Crippen molar-refractivity contribution in [3.8, 4) is 0 Å². The van der Waals surface area contributed by atoms with Crippen LogP contribution >= 0.6 is 0 Å². The SMILES string of the molecule is CC(C)C(CC(=O)CCC(=O)OCOC(=O)C(C)(C)C)C(=O)C(C)(C)C. The summed E-state index contributed by atoms with van der Waals surface area (Å²) in [6.45, 7) is 14.0. The lowest BCUT2D eigenvalue weighted by atomic mass is 9.76. The minimum absolute atomic E-state index is 0.00664. The molecule has 0 aliphatic heterocycles. The molecular weight excluding hydrogens is 336 g/mol. The molecule has 6 heteroatoms. The van der Waals surface area contributed by atoms with Gasteiger partial charge in [0.1, 0.15) is 11.6 Å². The topological polar surface area (TPSA) is 86.7 Å². The fourth-order valence-corrected chi connectivity index (χ4v) is 2.21. The van der Waals surface area contributed by atoms with Crippen molar-refractivity contribution in [2.45, 2.75) is 74.7 Å². The number of Topliss-reactive ketones (excluding diaryl/α,β-unsaturated/α-hetero) is 2.